The van der Waals surface area contributed by atoms with Gasteiger partial charge in [-0.1, -0.05) is 18.2 Å². The molecule has 0 atom stereocenters. The zero-order chi connectivity index (χ0) is 14.4. The molecule has 20 heavy (non-hydrogen) atoms. The molecule has 1 N–H and O–H groups in total. The van der Waals surface area contributed by atoms with Crippen molar-refractivity contribution in [1.82, 2.24) is 5.32 Å². The maximum Gasteiger partial charge on any atom is 0.169 e. The highest BCUT2D eigenvalue weighted by atomic mass is 79.9. The van der Waals surface area contributed by atoms with Crippen molar-refractivity contribution in [3.8, 4) is 17.2 Å². The molecule has 0 saturated carbocycles. The average Bonchev–Trinajstić information content (AvgIpc) is 2.44. The highest BCUT2D eigenvalue weighted by Gasteiger charge is 2.08. The third-order valence-corrected chi connectivity index (χ3v) is 3.37. The van der Waals surface area contributed by atoms with Crippen molar-refractivity contribution in [3.05, 3.63) is 52.5 Å². The van der Waals surface area contributed by atoms with Crippen LogP contribution in [0.3, 0.4) is 0 Å². The van der Waals surface area contributed by atoms with Gasteiger partial charge in [-0.2, -0.15) is 0 Å². The smallest absolute Gasteiger partial charge is 0.169 e. The van der Waals surface area contributed by atoms with Crippen LogP contribution in [0, 0.1) is 0 Å². The van der Waals surface area contributed by atoms with Crippen LogP contribution in [0.5, 0.6) is 17.2 Å². The Morgan fingerprint density at radius 2 is 1.80 bits per heavy atom. The minimum Gasteiger partial charge on any atom is -0.490 e. The first-order valence-corrected chi connectivity index (χ1v) is 7.36. The second kappa shape index (κ2) is 7.31. The number of nitrogens with one attached hydrogen (secondary N) is 1. The quantitative estimate of drug-likeness (QED) is 0.850. The largest absolute Gasteiger partial charge is 0.490 e. The summed E-state index contributed by atoms with van der Waals surface area (Å²) < 4.78 is 12.4. The Morgan fingerprint density at radius 3 is 2.45 bits per heavy atom. The lowest BCUT2D eigenvalue weighted by Crippen LogP contribution is -2.04. The molecule has 2 aromatic carbocycles. The van der Waals surface area contributed by atoms with Crippen LogP contribution in [-0.2, 0) is 6.54 Å². The summed E-state index contributed by atoms with van der Waals surface area (Å²) in [7, 11) is 1.93. The summed E-state index contributed by atoms with van der Waals surface area (Å²) in [5.41, 5.74) is 1.20. The van der Waals surface area contributed by atoms with Gasteiger partial charge in [0, 0.05) is 6.54 Å². The van der Waals surface area contributed by atoms with Crippen LogP contribution in [-0.4, -0.2) is 13.7 Å². The molecule has 4 heteroatoms. The Bertz CT molecular complexity index is 572. The zero-order valence-corrected chi connectivity index (χ0v) is 13.2. The third kappa shape index (κ3) is 3.74. The van der Waals surface area contributed by atoms with Gasteiger partial charge in [0.25, 0.3) is 0 Å². The first-order valence-electron chi connectivity index (χ1n) is 6.57. The first kappa shape index (κ1) is 14.9. The summed E-state index contributed by atoms with van der Waals surface area (Å²) in [6.07, 6.45) is 0. The molecule has 0 heterocycles. The Hall–Kier alpha value is -1.52. The van der Waals surface area contributed by atoms with Crippen LogP contribution in [0.4, 0.5) is 0 Å². The molecular weight excluding hydrogens is 318 g/mol. The lowest BCUT2D eigenvalue weighted by Gasteiger charge is -2.13. The summed E-state index contributed by atoms with van der Waals surface area (Å²) in [6.45, 7) is 3.40. The second-order valence-corrected chi connectivity index (χ2v) is 5.13. The minimum atomic E-state index is 0.614. The lowest BCUT2D eigenvalue weighted by atomic mass is 10.2. The van der Waals surface area contributed by atoms with Crippen molar-refractivity contribution in [3.63, 3.8) is 0 Å². The van der Waals surface area contributed by atoms with Crippen LogP contribution >= 0.6 is 15.9 Å². The van der Waals surface area contributed by atoms with Crippen LogP contribution in [0.2, 0.25) is 0 Å². The lowest BCUT2D eigenvalue weighted by molar-refractivity contribution is 0.321. The standard InChI is InChI=1S/C16H18BrNO2/c1-3-19-15-6-4-5-7-16(15)20-14-9-8-12(11-18-2)10-13(14)17/h4-10,18H,3,11H2,1-2H3. The fourth-order valence-electron chi connectivity index (χ4n) is 1.87. The Kier molecular flexibility index (Phi) is 5.44. The summed E-state index contributed by atoms with van der Waals surface area (Å²) in [6, 6.07) is 13.7. The van der Waals surface area contributed by atoms with E-state index in [1.165, 1.54) is 5.56 Å². The van der Waals surface area contributed by atoms with E-state index in [1.807, 2.05) is 50.4 Å². The molecule has 0 aliphatic carbocycles. The number of halogens is 1. The molecule has 0 aliphatic heterocycles. The van der Waals surface area contributed by atoms with Gasteiger partial charge in [-0.05, 0) is 59.7 Å². The van der Waals surface area contributed by atoms with Gasteiger partial charge in [-0.15, -0.1) is 0 Å². The van der Waals surface area contributed by atoms with Crippen molar-refractivity contribution >= 4 is 15.9 Å². The number of ether oxygens (including phenoxy) is 2. The van der Waals surface area contributed by atoms with Crippen LogP contribution in [0.25, 0.3) is 0 Å². The van der Waals surface area contributed by atoms with Crippen molar-refractivity contribution < 1.29 is 9.47 Å². The summed E-state index contributed by atoms with van der Waals surface area (Å²) >= 11 is 3.54. The number of para-hydroxylation sites is 2. The Balaban J connectivity index is 2.21. The van der Waals surface area contributed by atoms with Gasteiger partial charge < -0.3 is 14.8 Å². The summed E-state index contributed by atoms with van der Waals surface area (Å²) in [5.74, 6) is 2.25. The monoisotopic (exact) mass is 335 g/mol. The maximum atomic E-state index is 5.93. The van der Waals surface area contributed by atoms with Gasteiger partial charge in [-0.3, -0.25) is 0 Å². The normalized spacial score (nSPS) is 10.3. The van der Waals surface area contributed by atoms with E-state index in [0.29, 0.717) is 6.61 Å². The van der Waals surface area contributed by atoms with Gasteiger partial charge in [0.2, 0.25) is 0 Å². The minimum absolute atomic E-state index is 0.614. The number of hydrogen-bond donors (Lipinski definition) is 1. The van der Waals surface area contributed by atoms with Crippen molar-refractivity contribution in [2.45, 2.75) is 13.5 Å². The highest BCUT2D eigenvalue weighted by molar-refractivity contribution is 9.10. The van der Waals surface area contributed by atoms with E-state index in [-0.39, 0.29) is 0 Å². The van der Waals surface area contributed by atoms with E-state index in [9.17, 15) is 0 Å². The summed E-state index contributed by atoms with van der Waals surface area (Å²) in [5, 5.41) is 3.12. The van der Waals surface area contributed by atoms with Crippen molar-refractivity contribution in [2.24, 2.45) is 0 Å². The number of hydrogen-bond acceptors (Lipinski definition) is 3. The van der Waals surface area contributed by atoms with Gasteiger partial charge in [0.15, 0.2) is 11.5 Å². The number of rotatable bonds is 6. The van der Waals surface area contributed by atoms with Crippen LogP contribution < -0.4 is 14.8 Å². The molecule has 0 saturated heterocycles. The maximum absolute atomic E-state index is 5.93. The van der Waals surface area contributed by atoms with Gasteiger partial charge >= 0.3 is 0 Å². The summed E-state index contributed by atoms with van der Waals surface area (Å²) in [4.78, 5) is 0. The molecule has 3 nitrogen and oxygen atoms in total. The molecule has 2 aromatic rings. The molecule has 0 bridgehead atoms. The molecular formula is C16H18BrNO2. The van der Waals surface area contributed by atoms with E-state index in [1.54, 1.807) is 0 Å². The van der Waals surface area contributed by atoms with Crippen LogP contribution in [0.15, 0.2) is 46.9 Å². The SMILES string of the molecule is CCOc1ccccc1Oc1ccc(CNC)cc1Br. The predicted octanol–water partition coefficient (Wildman–Crippen LogP) is 4.36. The second-order valence-electron chi connectivity index (χ2n) is 4.28. The number of benzene rings is 2. The zero-order valence-electron chi connectivity index (χ0n) is 11.7. The topological polar surface area (TPSA) is 30.5 Å². The average molecular weight is 336 g/mol. The predicted molar refractivity (Wildman–Crippen MR) is 84.6 cm³/mol. The molecule has 0 aromatic heterocycles. The van der Waals surface area contributed by atoms with Gasteiger partial charge in [0.1, 0.15) is 5.75 Å². The fourth-order valence-corrected chi connectivity index (χ4v) is 2.38. The molecule has 0 amide bonds. The molecule has 106 valence electrons. The van der Waals surface area contributed by atoms with Gasteiger partial charge in [-0.25, -0.2) is 0 Å². The molecule has 2 rings (SSSR count). The van der Waals surface area contributed by atoms with Crippen LogP contribution in [0.1, 0.15) is 12.5 Å². The fraction of sp³-hybridized carbons (Fsp3) is 0.250. The highest BCUT2D eigenvalue weighted by Crippen LogP contribution is 2.35. The Labute approximate surface area is 128 Å². The van der Waals surface area contributed by atoms with E-state index in [4.69, 9.17) is 9.47 Å². The molecule has 0 unspecified atom stereocenters. The van der Waals surface area contributed by atoms with E-state index in [2.05, 4.69) is 27.3 Å². The van der Waals surface area contributed by atoms with E-state index >= 15 is 0 Å². The van der Waals surface area contributed by atoms with E-state index in [0.717, 1.165) is 28.3 Å². The molecule has 0 spiro atoms. The molecule has 0 aliphatic rings. The Morgan fingerprint density at radius 1 is 1.05 bits per heavy atom. The molecule has 0 radical (unpaired) electrons. The first-order chi connectivity index (χ1) is 9.74. The van der Waals surface area contributed by atoms with Gasteiger partial charge in [0.05, 0.1) is 11.1 Å². The molecule has 0 fully saturated rings. The third-order valence-electron chi connectivity index (χ3n) is 2.75. The van der Waals surface area contributed by atoms with Crippen molar-refractivity contribution in [1.29, 1.82) is 0 Å². The van der Waals surface area contributed by atoms with E-state index < -0.39 is 0 Å². The van der Waals surface area contributed by atoms with Crippen molar-refractivity contribution in [2.75, 3.05) is 13.7 Å².